The van der Waals surface area contributed by atoms with Crippen LogP contribution in [0, 0.1) is 5.92 Å². The standard InChI is InChI=1S/C21H20F3N3O2S/c1-27-19(13-2-4-15(5-3-13)21(22,23)24)26-18-14(6-7-25-20(18)27)11-30-16-8-12(9-16)10-17(28)29/h2-7,12,16H,8-11H2,1H3,(H,28,29). The molecule has 0 bridgehead atoms. The van der Waals surface area contributed by atoms with Crippen LogP contribution in [0.3, 0.4) is 0 Å². The molecule has 2 aromatic heterocycles. The smallest absolute Gasteiger partial charge is 0.416 e. The number of carboxylic acid groups (broad SMARTS) is 1. The number of thioether (sulfide) groups is 1. The van der Waals surface area contributed by atoms with Gasteiger partial charge in [0.05, 0.1) is 5.56 Å². The summed E-state index contributed by atoms with van der Waals surface area (Å²) in [5.74, 6) is 0.809. The fourth-order valence-electron chi connectivity index (χ4n) is 3.74. The first-order valence-electron chi connectivity index (χ1n) is 9.53. The maximum absolute atomic E-state index is 12.8. The zero-order valence-corrected chi connectivity index (χ0v) is 17.0. The van der Waals surface area contributed by atoms with Gasteiger partial charge in [-0.1, -0.05) is 12.1 Å². The van der Waals surface area contributed by atoms with Crippen molar-refractivity contribution in [3.8, 4) is 11.4 Å². The Morgan fingerprint density at radius 2 is 1.93 bits per heavy atom. The molecule has 5 nitrogen and oxygen atoms in total. The van der Waals surface area contributed by atoms with E-state index >= 15 is 0 Å². The molecule has 1 fully saturated rings. The van der Waals surface area contributed by atoms with Crippen molar-refractivity contribution in [3.05, 3.63) is 47.7 Å². The summed E-state index contributed by atoms with van der Waals surface area (Å²) < 4.78 is 40.3. The van der Waals surface area contributed by atoms with Crippen LogP contribution in [0.4, 0.5) is 13.2 Å². The van der Waals surface area contributed by atoms with E-state index in [1.165, 1.54) is 12.1 Å². The Morgan fingerprint density at radius 1 is 1.23 bits per heavy atom. The van der Waals surface area contributed by atoms with Crippen molar-refractivity contribution in [2.45, 2.75) is 36.4 Å². The molecule has 0 atom stereocenters. The Balaban J connectivity index is 1.52. The quantitative estimate of drug-likeness (QED) is 0.581. The molecule has 2 heterocycles. The number of halogens is 3. The lowest BCUT2D eigenvalue weighted by Gasteiger charge is -2.33. The Hall–Kier alpha value is -2.55. The number of carboxylic acids is 1. The molecule has 1 aliphatic rings. The Kier molecular flexibility index (Phi) is 5.48. The number of nitrogens with zero attached hydrogens (tertiary/aromatic N) is 3. The van der Waals surface area contributed by atoms with Crippen molar-refractivity contribution in [1.29, 1.82) is 0 Å². The first-order valence-corrected chi connectivity index (χ1v) is 10.6. The average molecular weight is 435 g/mol. The number of benzene rings is 1. The number of fused-ring (bicyclic) bond motifs is 1. The minimum absolute atomic E-state index is 0.229. The molecule has 158 valence electrons. The largest absolute Gasteiger partial charge is 0.481 e. The predicted octanol–water partition coefficient (Wildman–Crippen LogP) is 5.14. The summed E-state index contributed by atoms with van der Waals surface area (Å²) in [6, 6.07) is 6.88. The molecule has 0 radical (unpaired) electrons. The van der Waals surface area contributed by atoms with Gasteiger partial charge in [0.15, 0.2) is 5.65 Å². The molecule has 0 saturated heterocycles. The Morgan fingerprint density at radius 3 is 2.57 bits per heavy atom. The van der Waals surface area contributed by atoms with E-state index < -0.39 is 17.7 Å². The summed E-state index contributed by atoms with van der Waals surface area (Å²) in [5.41, 5.74) is 2.34. The van der Waals surface area contributed by atoms with Gasteiger partial charge < -0.3 is 9.67 Å². The molecule has 3 aromatic rings. The first kappa shape index (κ1) is 20.7. The number of rotatable bonds is 6. The number of aryl methyl sites for hydroxylation is 1. The van der Waals surface area contributed by atoms with Crippen LogP contribution in [0.2, 0.25) is 0 Å². The van der Waals surface area contributed by atoms with Crippen molar-refractivity contribution >= 4 is 28.9 Å². The lowest BCUT2D eigenvalue weighted by atomic mass is 9.82. The highest BCUT2D eigenvalue weighted by molar-refractivity contribution is 7.99. The fourth-order valence-corrected chi connectivity index (χ4v) is 5.21. The van der Waals surface area contributed by atoms with Gasteiger partial charge in [-0.2, -0.15) is 24.9 Å². The summed E-state index contributed by atoms with van der Waals surface area (Å²) in [6.07, 6.45) is -0.617. The minimum Gasteiger partial charge on any atom is -0.481 e. The zero-order chi connectivity index (χ0) is 21.5. The van der Waals surface area contributed by atoms with Gasteiger partial charge in [0.2, 0.25) is 0 Å². The van der Waals surface area contributed by atoms with E-state index in [9.17, 15) is 18.0 Å². The maximum Gasteiger partial charge on any atom is 0.416 e. The molecule has 0 amide bonds. The van der Waals surface area contributed by atoms with Crippen molar-refractivity contribution in [2.75, 3.05) is 0 Å². The SMILES string of the molecule is Cn1c(-c2ccc(C(F)(F)F)cc2)nc2c(CSC3CC(CC(=O)O)C3)ccnc21. The molecule has 0 unspecified atom stereocenters. The monoisotopic (exact) mass is 435 g/mol. The van der Waals surface area contributed by atoms with Crippen molar-refractivity contribution in [1.82, 2.24) is 14.5 Å². The molecular weight excluding hydrogens is 415 g/mol. The average Bonchev–Trinajstić information content (AvgIpc) is 3.00. The van der Waals surface area contributed by atoms with E-state index in [2.05, 4.69) is 9.97 Å². The van der Waals surface area contributed by atoms with Crippen molar-refractivity contribution < 1.29 is 23.1 Å². The van der Waals surface area contributed by atoms with Crippen LogP contribution >= 0.6 is 11.8 Å². The predicted molar refractivity (Wildman–Crippen MR) is 109 cm³/mol. The van der Waals surface area contributed by atoms with E-state index in [0.29, 0.717) is 22.3 Å². The van der Waals surface area contributed by atoms with Gasteiger partial charge in [-0.3, -0.25) is 4.79 Å². The third kappa shape index (κ3) is 4.16. The van der Waals surface area contributed by atoms with E-state index in [-0.39, 0.29) is 12.3 Å². The lowest BCUT2D eigenvalue weighted by molar-refractivity contribution is -0.139. The summed E-state index contributed by atoms with van der Waals surface area (Å²) in [5, 5.41) is 9.30. The lowest BCUT2D eigenvalue weighted by Crippen LogP contribution is -2.28. The first-order chi connectivity index (χ1) is 14.2. The highest BCUT2D eigenvalue weighted by Gasteiger charge is 2.31. The minimum atomic E-state index is -4.37. The van der Waals surface area contributed by atoms with Gasteiger partial charge in [0.25, 0.3) is 0 Å². The normalized spacial score (nSPS) is 19.1. The summed E-state index contributed by atoms with van der Waals surface area (Å²) >= 11 is 1.78. The third-order valence-electron chi connectivity index (χ3n) is 5.44. The molecule has 30 heavy (non-hydrogen) atoms. The van der Waals surface area contributed by atoms with Crippen LogP contribution in [-0.2, 0) is 23.8 Å². The van der Waals surface area contributed by atoms with E-state index in [1.54, 1.807) is 29.6 Å². The van der Waals surface area contributed by atoms with E-state index in [4.69, 9.17) is 5.11 Å². The highest BCUT2D eigenvalue weighted by Crippen LogP contribution is 2.40. The number of pyridine rings is 1. The van der Waals surface area contributed by atoms with Crippen molar-refractivity contribution in [3.63, 3.8) is 0 Å². The van der Waals surface area contributed by atoms with Crippen molar-refractivity contribution in [2.24, 2.45) is 13.0 Å². The molecule has 4 rings (SSSR count). The summed E-state index contributed by atoms with van der Waals surface area (Å²) in [7, 11) is 1.80. The van der Waals surface area contributed by atoms with Gasteiger partial charge in [-0.25, -0.2) is 9.97 Å². The number of hydrogen-bond donors (Lipinski definition) is 1. The molecule has 1 N–H and O–H groups in total. The van der Waals surface area contributed by atoms with Gasteiger partial charge >= 0.3 is 12.1 Å². The molecule has 1 saturated carbocycles. The number of carbonyl (C=O) groups is 1. The van der Waals surface area contributed by atoms with Crippen LogP contribution in [0.5, 0.6) is 0 Å². The molecule has 0 aliphatic heterocycles. The molecule has 0 spiro atoms. The second-order valence-electron chi connectivity index (χ2n) is 7.58. The van der Waals surface area contributed by atoms with Crippen LogP contribution in [0.15, 0.2) is 36.5 Å². The Bertz CT molecular complexity index is 1070. The summed E-state index contributed by atoms with van der Waals surface area (Å²) in [4.78, 5) is 19.8. The second kappa shape index (κ2) is 7.94. The second-order valence-corrected chi connectivity index (χ2v) is 8.87. The van der Waals surface area contributed by atoms with Gasteiger partial charge in [-0.15, -0.1) is 0 Å². The number of aromatic nitrogens is 3. The van der Waals surface area contributed by atoms with Crippen LogP contribution in [0.1, 0.15) is 30.4 Å². The third-order valence-corrected chi connectivity index (χ3v) is 6.78. The number of alkyl halides is 3. The maximum atomic E-state index is 12.8. The number of hydrogen-bond acceptors (Lipinski definition) is 4. The topological polar surface area (TPSA) is 68.0 Å². The van der Waals surface area contributed by atoms with Gasteiger partial charge in [0.1, 0.15) is 11.3 Å². The summed E-state index contributed by atoms with van der Waals surface area (Å²) in [6.45, 7) is 0. The molecule has 1 aliphatic carbocycles. The van der Waals surface area contributed by atoms with Gasteiger partial charge in [0, 0.05) is 36.2 Å². The fraction of sp³-hybridized carbons (Fsp3) is 0.381. The molecule has 9 heteroatoms. The highest BCUT2D eigenvalue weighted by atomic mass is 32.2. The molecule has 1 aromatic carbocycles. The molecular formula is C21H20F3N3O2S. The number of imidazole rings is 1. The van der Waals surface area contributed by atoms with Gasteiger partial charge in [-0.05, 0) is 42.5 Å². The Labute approximate surface area is 175 Å². The van der Waals surface area contributed by atoms with E-state index in [0.717, 1.165) is 41.8 Å². The van der Waals surface area contributed by atoms with E-state index in [1.807, 2.05) is 6.07 Å². The number of aliphatic carboxylic acids is 1. The zero-order valence-electron chi connectivity index (χ0n) is 16.2. The van der Waals surface area contributed by atoms with Crippen LogP contribution < -0.4 is 0 Å². The van der Waals surface area contributed by atoms with Crippen LogP contribution in [0.25, 0.3) is 22.6 Å². The van der Waals surface area contributed by atoms with Crippen LogP contribution in [-0.4, -0.2) is 30.9 Å².